The van der Waals surface area contributed by atoms with Crippen LogP contribution >= 0.6 is 11.3 Å². The summed E-state index contributed by atoms with van der Waals surface area (Å²) in [6.45, 7) is 0. The minimum atomic E-state index is 1.16. The molecule has 0 aliphatic rings. The number of hydrogen-bond acceptors (Lipinski definition) is 1. The summed E-state index contributed by atoms with van der Waals surface area (Å²) < 4.78 is 7.49. The summed E-state index contributed by atoms with van der Waals surface area (Å²) in [4.78, 5) is 0. The number of fused-ring (bicyclic) bond motifs is 9. The van der Waals surface area contributed by atoms with Crippen molar-refractivity contribution >= 4 is 75.1 Å². The van der Waals surface area contributed by atoms with Crippen LogP contribution in [0, 0.1) is 0 Å². The number of nitrogens with zero attached hydrogens (tertiary/aromatic N) is 2. The Bertz CT molecular complexity index is 3530. The first-order valence-corrected chi connectivity index (χ1v) is 20.3. The SMILES string of the molecule is c1ccc(-c2cccc(-n3c4ccccc4c4cc(-c5ccc6c(c5)c5ccccc5n6-c5cccc(-c6ccc7c(c6)sc6ccccc67)c5)ccc43)c2)cc1. The normalized spacial score (nSPS) is 11.9. The van der Waals surface area contributed by atoms with Gasteiger partial charge in [-0.05, 0) is 106 Å². The van der Waals surface area contributed by atoms with Gasteiger partial charge < -0.3 is 9.13 Å². The van der Waals surface area contributed by atoms with Gasteiger partial charge in [0.2, 0.25) is 0 Å². The van der Waals surface area contributed by atoms with Crippen molar-refractivity contribution in [3.05, 3.63) is 206 Å². The second-order valence-corrected chi connectivity index (χ2v) is 16.0. The monoisotopic (exact) mass is 742 g/mol. The number of aromatic nitrogens is 2. The molecule has 3 heterocycles. The van der Waals surface area contributed by atoms with Crippen LogP contribution in [-0.2, 0) is 0 Å². The van der Waals surface area contributed by atoms with Crippen molar-refractivity contribution in [1.29, 1.82) is 0 Å². The molecule has 2 nitrogen and oxygen atoms in total. The lowest BCUT2D eigenvalue weighted by Gasteiger charge is -2.11. The lowest BCUT2D eigenvalue weighted by Crippen LogP contribution is -1.94. The lowest BCUT2D eigenvalue weighted by atomic mass is 10.0. The van der Waals surface area contributed by atoms with Gasteiger partial charge in [0.1, 0.15) is 0 Å². The van der Waals surface area contributed by atoms with Crippen LogP contribution in [0.2, 0.25) is 0 Å². The molecule has 0 amide bonds. The van der Waals surface area contributed by atoms with Gasteiger partial charge in [-0.1, -0.05) is 133 Å². The summed E-state index contributed by atoms with van der Waals surface area (Å²) in [6, 6.07) is 75.7. The van der Waals surface area contributed by atoms with Gasteiger partial charge in [0.25, 0.3) is 0 Å². The quantitative estimate of drug-likeness (QED) is 0.166. The van der Waals surface area contributed by atoms with Crippen LogP contribution < -0.4 is 0 Å². The summed E-state index contributed by atoms with van der Waals surface area (Å²) >= 11 is 1.87. The number of benzene rings is 9. The zero-order chi connectivity index (χ0) is 37.5. The van der Waals surface area contributed by atoms with Crippen molar-refractivity contribution in [3.63, 3.8) is 0 Å². The Labute approximate surface area is 333 Å². The highest BCUT2D eigenvalue weighted by atomic mass is 32.1. The summed E-state index contributed by atoms with van der Waals surface area (Å²) in [6.07, 6.45) is 0. The standard InChI is InChI=1S/C54H34N2S/c1-2-12-35(13-3-1)36-14-10-16-41(30-36)55-49-21-7-4-18-43(49)47-32-38(25-28-51(47)55)39-26-29-52-48(33-39)44-19-5-8-22-50(44)56(52)42-17-11-15-37(31-42)40-24-27-46-45-20-6-9-23-53(45)57-54(46)34-40/h1-34H. The van der Waals surface area contributed by atoms with Crippen LogP contribution in [0.1, 0.15) is 0 Å². The predicted octanol–water partition coefficient (Wildman–Crippen LogP) is 15.2. The van der Waals surface area contributed by atoms with E-state index in [9.17, 15) is 0 Å². The second kappa shape index (κ2) is 12.7. The van der Waals surface area contributed by atoms with E-state index < -0.39 is 0 Å². The molecule has 0 unspecified atom stereocenters. The van der Waals surface area contributed by atoms with Gasteiger partial charge in [0, 0.05) is 53.1 Å². The van der Waals surface area contributed by atoms with Crippen molar-refractivity contribution in [2.45, 2.75) is 0 Å². The molecule has 12 rings (SSSR count). The van der Waals surface area contributed by atoms with Crippen molar-refractivity contribution < 1.29 is 0 Å². The predicted molar refractivity (Wildman–Crippen MR) is 244 cm³/mol. The minimum Gasteiger partial charge on any atom is -0.309 e. The Morgan fingerprint density at radius 2 is 0.684 bits per heavy atom. The largest absolute Gasteiger partial charge is 0.309 e. The number of hydrogen-bond donors (Lipinski definition) is 0. The molecule has 12 aromatic rings. The molecule has 266 valence electrons. The highest BCUT2D eigenvalue weighted by molar-refractivity contribution is 7.25. The maximum atomic E-state index is 2.43. The first kappa shape index (κ1) is 32.1. The molecule has 0 aliphatic heterocycles. The van der Waals surface area contributed by atoms with Crippen LogP contribution in [0.15, 0.2) is 206 Å². The first-order valence-electron chi connectivity index (χ1n) is 19.5. The molecule has 0 aliphatic carbocycles. The third-order valence-electron chi connectivity index (χ3n) is 11.7. The van der Waals surface area contributed by atoms with E-state index in [2.05, 4.69) is 215 Å². The molecule has 57 heavy (non-hydrogen) atoms. The van der Waals surface area contributed by atoms with Crippen LogP contribution in [0.5, 0.6) is 0 Å². The molecule has 3 heteroatoms. The van der Waals surface area contributed by atoms with Crippen molar-refractivity contribution in [2.75, 3.05) is 0 Å². The summed E-state index contributed by atoms with van der Waals surface area (Å²) in [5.41, 5.74) is 14.4. The maximum Gasteiger partial charge on any atom is 0.0541 e. The molecule has 0 N–H and O–H groups in total. The highest BCUT2D eigenvalue weighted by Crippen LogP contribution is 2.40. The molecule has 0 saturated carbocycles. The van der Waals surface area contributed by atoms with Gasteiger partial charge in [-0.25, -0.2) is 0 Å². The van der Waals surface area contributed by atoms with Crippen LogP contribution in [0.25, 0.3) is 109 Å². The van der Waals surface area contributed by atoms with Gasteiger partial charge in [-0.3, -0.25) is 0 Å². The molecule has 0 bridgehead atoms. The van der Waals surface area contributed by atoms with Crippen molar-refractivity contribution in [3.8, 4) is 44.8 Å². The van der Waals surface area contributed by atoms with E-state index in [0.717, 1.165) is 11.4 Å². The molecule has 0 saturated heterocycles. The topological polar surface area (TPSA) is 9.86 Å². The molecular formula is C54H34N2S. The fourth-order valence-corrected chi connectivity index (χ4v) is 10.2. The number of para-hydroxylation sites is 2. The molecule has 0 spiro atoms. The van der Waals surface area contributed by atoms with E-state index in [1.165, 1.54) is 97.2 Å². The van der Waals surface area contributed by atoms with Gasteiger partial charge in [0.15, 0.2) is 0 Å². The summed E-state index contributed by atoms with van der Waals surface area (Å²) in [5, 5.41) is 7.67. The van der Waals surface area contributed by atoms with E-state index in [1.807, 2.05) is 11.3 Å². The van der Waals surface area contributed by atoms with Crippen molar-refractivity contribution in [2.24, 2.45) is 0 Å². The van der Waals surface area contributed by atoms with Gasteiger partial charge in [-0.15, -0.1) is 11.3 Å². The average molecular weight is 743 g/mol. The maximum absolute atomic E-state index is 2.43. The van der Waals surface area contributed by atoms with E-state index >= 15 is 0 Å². The lowest BCUT2D eigenvalue weighted by molar-refractivity contribution is 1.18. The van der Waals surface area contributed by atoms with Crippen LogP contribution in [0.4, 0.5) is 0 Å². The van der Waals surface area contributed by atoms with E-state index in [0.29, 0.717) is 0 Å². The molecule has 0 fully saturated rings. The Morgan fingerprint density at radius 1 is 0.246 bits per heavy atom. The third-order valence-corrected chi connectivity index (χ3v) is 12.8. The van der Waals surface area contributed by atoms with Crippen LogP contribution in [0.3, 0.4) is 0 Å². The Kier molecular flexibility index (Phi) is 7.13. The van der Waals surface area contributed by atoms with Crippen LogP contribution in [-0.4, -0.2) is 9.13 Å². The van der Waals surface area contributed by atoms with Crippen molar-refractivity contribution in [1.82, 2.24) is 9.13 Å². The zero-order valence-corrected chi connectivity index (χ0v) is 31.7. The Morgan fingerprint density at radius 3 is 1.32 bits per heavy atom. The Balaban J connectivity index is 0.972. The van der Waals surface area contributed by atoms with Gasteiger partial charge in [0.05, 0.1) is 22.1 Å². The summed E-state index contributed by atoms with van der Waals surface area (Å²) in [5.74, 6) is 0. The van der Waals surface area contributed by atoms with E-state index in [4.69, 9.17) is 0 Å². The Hall–Kier alpha value is -7.20. The first-order chi connectivity index (χ1) is 28.2. The zero-order valence-electron chi connectivity index (χ0n) is 30.9. The van der Waals surface area contributed by atoms with E-state index in [-0.39, 0.29) is 0 Å². The number of thiophene rings is 1. The summed E-state index contributed by atoms with van der Waals surface area (Å²) in [7, 11) is 0. The fraction of sp³-hybridized carbons (Fsp3) is 0. The minimum absolute atomic E-state index is 1.16. The smallest absolute Gasteiger partial charge is 0.0541 e. The number of rotatable bonds is 5. The molecule has 0 atom stereocenters. The fourth-order valence-electron chi connectivity index (χ4n) is 9.05. The highest BCUT2D eigenvalue weighted by Gasteiger charge is 2.17. The molecule has 0 radical (unpaired) electrons. The van der Waals surface area contributed by atoms with Gasteiger partial charge >= 0.3 is 0 Å². The van der Waals surface area contributed by atoms with E-state index in [1.54, 1.807) is 0 Å². The third kappa shape index (κ3) is 5.10. The van der Waals surface area contributed by atoms with Gasteiger partial charge in [-0.2, -0.15) is 0 Å². The average Bonchev–Trinajstić information content (AvgIpc) is 3.94. The molecule has 9 aromatic carbocycles. The second-order valence-electron chi connectivity index (χ2n) is 14.9. The molecule has 3 aromatic heterocycles. The molecular weight excluding hydrogens is 709 g/mol.